The third kappa shape index (κ3) is 4.19. The van der Waals surface area contributed by atoms with Gasteiger partial charge in [-0.15, -0.1) is 0 Å². The molecule has 0 unspecified atom stereocenters. The third-order valence-electron chi connectivity index (χ3n) is 3.44. The van der Waals surface area contributed by atoms with E-state index in [2.05, 4.69) is 15.0 Å². The van der Waals surface area contributed by atoms with Gasteiger partial charge in [-0.05, 0) is 42.5 Å². The first-order valence-electron chi connectivity index (χ1n) is 7.54. The molecule has 0 spiro atoms. The van der Waals surface area contributed by atoms with Crippen LogP contribution in [0.4, 0.5) is 11.4 Å². The van der Waals surface area contributed by atoms with Gasteiger partial charge in [0.15, 0.2) is 0 Å². The van der Waals surface area contributed by atoms with Gasteiger partial charge in [0.25, 0.3) is 15.9 Å². The molecule has 6 nitrogen and oxygen atoms in total. The number of nitrogens with zero attached hydrogens (tertiary/aromatic N) is 1. The summed E-state index contributed by atoms with van der Waals surface area (Å²) in [5.74, 6) is -0.416. The van der Waals surface area contributed by atoms with Gasteiger partial charge in [0.1, 0.15) is 0 Å². The minimum atomic E-state index is -3.73. The van der Waals surface area contributed by atoms with E-state index in [0.717, 1.165) is 0 Å². The number of carbonyl (C=O) groups is 1. The van der Waals surface area contributed by atoms with E-state index in [1.165, 1.54) is 36.5 Å². The molecule has 0 aliphatic heterocycles. The van der Waals surface area contributed by atoms with Crippen molar-refractivity contribution in [2.45, 2.75) is 4.90 Å². The summed E-state index contributed by atoms with van der Waals surface area (Å²) in [4.78, 5) is 16.3. The standard InChI is InChI=1S/C18H14ClN3O3S/c19-17-11-13(22-26(24,25)15-6-2-1-3-7-15)8-9-16(17)18(23)21-14-5-4-10-20-12-14/h1-12,22H,(H,21,23). The van der Waals surface area contributed by atoms with Crippen molar-refractivity contribution in [1.82, 2.24) is 4.98 Å². The van der Waals surface area contributed by atoms with E-state index in [1.807, 2.05) is 0 Å². The average Bonchev–Trinajstić information content (AvgIpc) is 2.63. The predicted octanol–water partition coefficient (Wildman–Crippen LogP) is 3.79. The molecule has 1 amide bonds. The SMILES string of the molecule is O=C(Nc1cccnc1)c1ccc(NS(=O)(=O)c2ccccc2)cc1Cl. The van der Waals surface area contributed by atoms with Crippen LogP contribution in [0.2, 0.25) is 5.02 Å². The fraction of sp³-hybridized carbons (Fsp3) is 0. The monoisotopic (exact) mass is 387 g/mol. The maximum Gasteiger partial charge on any atom is 0.261 e. The molecule has 0 bridgehead atoms. The maximum atomic E-state index is 12.3. The largest absolute Gasteiger partial charge is 0.321 e. The topological polar surface area (TPSA) is 88.2 Å². The second-order valence-electron chi connectivity index (χ2n) is 5.31. The van der Waals surface area contributed by atoms with Crippen molar-refractivity contribution < 1.29 is 13.2 Å². The number of amides is 1. The van der Waals surface area contributed by atoms with Gasteiger partial charge < -0.3 is 5.32 Å². The Bertz CT molecular complexity index is 1030. The summed E-state index contributed by atoms with van der Waals surface area (Å²) >= 11 is 6.15. The summed E-state index contributed by atoms with van der Waals surface area (Å²) in [5.41, 5.74) is 1.01. The van der Waals surface area contributed by atoms with E-state index in [4.69, 9.17) is 11.6 Å². The Hall–Kier alpha value is -2.90. The highest BCUT2D eigenvalue weighted by atomic mass is 35.5. The Morgan fingerprint density at radius 3 is 2.38 bits per heavy atom. The molecule has 1 heterocycles. The van der Waals surface area contributed by atoms with Crippen molar-refractivity contribution in [3.8, 4) is 0 Å². The molecule has 8 heteroatoms. The number of nitrogens with one attached hydrogen (secondary N) is 2. The molecule has 26 heavy (non-hydrogen) atoms. The number of pyridine rings is 1. The van der Waals surface area contributed by atoms with Crippen molar-refractivity contribution in [3.63, 3.8) is 0 Å². The highest BCUT2D eigenvalue weighted by Gasteiger charge is 2.16. The molecule has 0 aliphatic carbocycles. The number of anilines is 2. The van der Waals surface area contributed by atoms with Crippen molar-refractivity contribution in [2.24, 2.45) is 0 Å². The van der Waals surface area contributed by atoms with Crippen LogP contribution in [0.25, 0.3) is 0 Å². The van der Waals surface area contributed by atoms with Gasteiger partial charge in [-0.3, -0.25) is 14.5 Å². The van der Waals surface area contributed by atoms with Gasteiger partial charge in [-0.1, -0.05) is 29.8 Å². The normalized spacial score (nSPS) is 11.0. The first kappa shape index (κ1) is 17.9. The van der Waals surface area contributed by atoms with E-state index in [-0.39, 0.29) is 21.2 Å². The lowest BCUT2D eigenvalue weighted by Gasteiger charge is -2.11. The summed E-state index contributed by atoms with van der Waals surface area (Å²) in [5, 5.41) is 2.79. The number of hydrogen-bond acceptors (Lipinski definition) is 4. The van der Waals surface area contributed by atoms with E-state index >= 15 is 0 Å². The molecular formula is C18H14ClN3O3S. The Labute approximate surface area is 155 Å². The Balaban J connectivity index is 1.78. The first-order valence-corrected chi connectivity index (χ1v) is 9.40. The number of aromatic nitrogens is 1. The molecule has 2 aromatic carbocycles. The van der Waals surface area contributed by atoms with Crippen molar-refractivity contribution in [2.75, 3.05) is 10.0 Å². The summed E-state index contributed by atoms with van der Waals surface area (Å²) in [6.07, 6.45) is 3.10. The third-order valence-corrected chi connectivity index (χ3v) is 5.15. The minimum Gasteiger partial charge on any atom is -0.321 e. The second kappa shape index (κ2) is 7.55. The molecule has 0 saturated carbocycles. The lowest BCUT2D eigenvalue weighted by Crippen LogP contribution is -2.14. The molecule has 0 atom stereocenters. The quantitative estimate of drug-likeness (QED) is 0.697. The second-order valence-corrected chi connectivity index (χ2v) is 7.40. The van der Waals surface area contributed by atoms with E-state index in [1.54, 1.807) is 36.5 Å². The summed E-state index contributed by atoms with van der Waals surface area (Å²) < 4.78 is 27.1. The summed E-state index contributed by atoms with van der Waals surface area (Å²) in [6, 6.07) is 15.7. The van der Waals surface area contributed by atoms with Gasteiger partial charge >= 0.3 is 0 Å². The van der Waals surface area contributed by atoms with Gasteiger partial charge in [0.2, 0.25) is 0 Å². The number of halogens is 1. The van der Waals surface area contributed by atoms with Crippen molar-refractivity contribution >= 4 is 38.9 Å². The number of benzene rings is 2. The molecule has 132 valence electrons. The summed E-state index contributed by atoms with van der Waals surface area (Å²) in [7, 11) is -3.73. The maximum absolute atomic E-state index is 12.3. The fourth-order valence-electron chi connectivity index (χ4n) is 2.21. The minimum absolute atomic E-state index is 0.125. The predicted molar refractivity (Wildman–Crippen MR) is 101 cm³/mol. The highest BCUT2D eigenvalue weighted by molar-refractivity contribution is 7.92. The number of sulfonamides is 1. The molecule has 3 aromatic rings. The summed E-state index contributed by atoms with van der Waals surface area (Å²) in [6.45, 7) is 0. The van der Waals surface area contributed by atoms with Crippen molar-refractivity contribution in [1.29, 1.82) is 0 Å². The van der Waals surface area contributed by atoms with Crippen LogP contribution < -0.4 is 10.0 Å². The Morgan fingerprint density at radius 1 is 0.962 bits per heavy atom. The average molecular weight is 388 g/mol. The van der Waals surface area contributed by atoms with E-state index in [9.17, 15) is 13.2 Å². The van der Waals surface area contributed by atoms with E-state index in [0.29, 0.717) is 5.69 Å². The molecular weight excluding hydrogens is 374 g/mol. The van der Waals surface area contributed by atoms with Crippen LogP contribution in [0.15, 0.2) is 78.0 Å². The van der Waals surface area contributed by atoms with Crippen LogP contribution >= 0.6 is 11.6 Å². The van der Waals surface area contributed by atoms with Gasteiger partial charge in [-0.2, -0.15) is 0 Å². The highest BCUT2D eigenvalue weighted by Crippen LogP contribution is 2.24. The van der Waals surface area contributed by atoms with Crippen LogP contribution in [0.1, 0.15) is 10.4 Å². The van der Waals surface area contributed by atoms with Crippen LogP contribution in [0.3, 0.4) is 0 Å². The lowest BCUT2D eigenvalue weighted by molar-refractivity contribution is 0.102. The zero-order chi connectivity index (χ0) is 18.6. The molecule has 2 N–H and O–H groups in total. The Morgan fingerprint density at radius 2 is 1.73 bits per heavy atom. The lowest BCUT2D eigenvalue weighted by atomic mass is 10.2. The molecule has 3 rings (SSSR count). The zero-order valence-electron chi connectivity index (χ0n) is 13.4. The van der Waals surface area contributed by atoms with Gasteiger partial charge in [-0.25, -0.2) is 8.42 Å². The zero-order valence-corrected chi connectivity index (χ0v) is 15.0. The first-order chi connectivity index (χ1) is 12.5. The van der Waals surface area contributed by atoms with Crippen molar-refractivity contribution in [3.05, 3.63) is 83.6 Å². The van der Waals surface area contributed by atoms with Crippen LogP contribution in [-0.4, -0.2) is 19.3 Å². The smallest absolute Gasteiger partial charge is 0.261 e. The molecule has 1 aromatic heterocycles. The molecule has 0 aliphatic rings. The number of rotatable bonds is 5. The van der Waals surface area contributed by atoms with Crippen LogP contribution in [0.5, 0.6) is 0 Å². The van der Waals surface area contributed by atoms with Gasteiger partial charge in [0.05, 0.1) is 33.1 Å². The molecule has 0 radical (unpaired) electrons. The Kier molecular flexibility index (Phi) is 5.20. The number of carbonyl (C=O) groups excluding carboxylic acids is 1. The molecule has 0 fully saturated rings. The van der Waals surface area contributed by atoms with Crippen LogP contribution in [0, 0.1) is 0 Å². The van der Waals surface area contributed by atoms with Gasteiger partial charge in [0, 0.05) is 6.20 Å². The molecule has 0 saturated heterocycles. The number of hydrogen-bond donors (Lipinski definition) is 2. The van der Waals surface area contributed by atoms with Crippen LogP contribution in [-0.2, 0) is 10.0 Å². The fourth-order valence-corrected chi connectivity index (χ4v) is 3.55. The van der Waals surface area contributed by atoms with E-state index < -0.39 is 15.9 Å².